The van der Waals surface area contributed by atoms with Crippen LogP contribution in [0.2, 0.25) is 0 Å². The molecule has 2 atom stereocenters. The maximum absolute atomic E-state index is 14.1. The maximum Gasteiger partial charge on any atom is 0.308 e. The van der Waals surface area contributed by atoms with Crippen LogP contribution in [0.3, 0.4) is 0 Å². The average Bonchev–Trinajstić information content (AvgIpc) is 2.77. The number of rotatable bonds is 11. The molecule has 0 aromatic heterocycles. The smallest absolute Gasteiger partial charge is 0.308 e. The zero-order valence-corrected chi connectivity index (χ0v) is 25.0. The van der Waals surface area contributed by atoms with Crippen molar-refractivity contribution in [3.8, 4) is 0 Å². The van der Waals surface area contributed by atoms with E-state index in [1.807, 2.05) is 39.0 Å². The molecule has 210 valence electrons. The van der Waals surface area contributed by atoms with Gasteiger partial charge in [-0.05, 0) is 87.6 Å². The lowest BCUT2D eigenvalue weighted by Gasteiger charge is -2.39. The fraction of sp³-hybridized carbons (Fsp3) is 0.548. The van der Waals surface area contributed by atoms with Crippen LogP contribution in [-0.4, -0.2) is 32.2 Å². The Balaban J connectivity index is 2.49. The predicted molar refractivity (Wildman–Crippen MR) is 151 cm³/mol. The lowest BCUT2D eigenvalue weighted by atomic mass is 9.70. The van der Waals surface area contributed by atoms with Crippen molar-refractivity contribution in [1.29, 1.82) is 0 Å². The highest BCUT2D eigenvalue weighted by Gasteiger charge is 2.41. The molecule has 0 amide bonds. The minimum absolute atomic E-state index is 0.204. The quantitative estimate of drug-likeness (QED) is 0.129. The summed E-state index contributed by atoms with van der Waals surface area (Å²) >= 11 is 0. The van der Waals surface area contributed by atoms with Gasteiger partial charge in [0.1, 0.15) is 5.76 Å². The van der Waals surface area contributed by atoms with E-state index < -0.39 is 21.1 Å². The van der Waals surface area contributed by atoms with Crippen LogP contribution < -0.4 is 0 Å². The molecule has 1 aliphatic rings. The third-order valence-corrected chi connectivity index (χ3v) is 9.18. The van der Waals surface area contributed by atoms with Gasteiger partial charge < -0.3 is 9.47 Å². The minimum Gasteiger partial charge on any atom is -0.466 e. The SMILES string of the molecule is CC(=O)OCCC(C)=CC(=CC(C)CC(C1=C(C)CCCC1(C)C)S(=O)(=O)c1ccc(C)cc1)OC(C)=O. The van der Waals surface area contributed by atoms with Crippen LogP contribution in [0.15, 0.2) is 63.8 Å². The summed E-state index contributed by atoms with van der Waals surface area (Å²) < 4.78 is 38.7. The molecule has 0 radical (unpaired) electrons. The third kappa shape index (κ3) is 8.97. The van der Waals surface area contributed by atoms with Gasteiger partial charge in [-0.25, -0.2) is 8.42 Å². The fourth-order valence-corrected chi connectivity index (χ4v) is 7.51. The van der Waals surface area contributed by atoms with Crippen molar-refractivity contribution in [3.63, 3.8) is 0 Å². The molecule has 0 heterocycles. The van der Waals surface area contributed by atoms with E-state index in [1.165, 1.54) is 13.8 Å². The second-order valence-electron chi connectivity index (χ2n) is 11.2. The molecule has 1 aliphatic carbocycles. The first kappa shape index (κ1) is 31.5. The number of sulfone groups is 1. The van der Waals surface area contributed by atoms with Crippen LogP contribution in [-0.2, 0) is 28.9 Å². The number of carbonyl (C=O) groups is 2. The van der Waals surface area contributed by atoms with Gasteiger partial charge in [0, 0.05) is 20.3 Å². The van der Waals surface area contributed by atoms with E-state index in [1.54, 1.807) is 18.2 Å². The molecule has 0 spiro atoms. The average molecular weight is 545 g/mol. The van der Waals surface area contributed by atoms with E-state index in [2.05, 4.69) is 20.8 Å². The molecule has 7 heteroatoms. The molecule has 2 unspecified atom stereocenters. The van der Waals surface area contributed by atoms with Crippen LogP contribution >= 0.6 is 0 Å². The van der Waals surface area contributed by atoms with Gasteiger partial charge in [-0.1, -0.05) is 49.6 Å². The van der Waals surface area contributed by atoms with Crippen molar-refractivity contribution in [1.82, 2.24) is 0 Å². The number of benzene rings is 1. The summed E-state index contributed by atoms with van der Waals surface area (Å²) in [6.07, 6.45) is 7.30. The topological polar surface area (TPSA) is 86.7 Å². The van der Waals surface area contributed by atoms with Gasteiger partial charge in [-0.3, -0.25) is 9.59 Å². The number of hydrogen-bond donors (Lipinski definition) is 0. The monoisotopic (exact) mass is 544 g/mol. The van der Waals surface area contributed by atoms with Gasteiger partial charge in [0.15, 0.2) is 9.84 Å². The first-order valence-electron chi connectivity index (χ1n) is 13.3. The Morgan fingerprint density at radius 2 is 1.68 bits per heavy atom. The van der Waals surface area contributed by atoms with Crippen molar-refractivity contribution in [3.05, 3.63) is 64.5 Å². The molecule has 38 heavy (non-hydrogen) atoms. The summed E-state index contributed by atoms with van der Waals surface area (Å²) in [7, 11) is -3.68. The normalized spacial score (nSPS) is 18.1. The Hall–Kier alpha value is -2.67. The van der Waals surface area contributed by atoms with Crippen molar-refractivity contribution >= 4 is 21.8 Å². The first-order valence-corrected chi connectivity index (χ1v) is 14.9. The molecule has 6 nitrogen and oxygen atoms in total. The second-order valence-corrected chi connectivity index (χ2v) is 13.4. The Bertz CT molecular complexity index is 1200. The van der Waals surface area contributed by atoms with E-state index in [0.29, 0.717) is 23.5 Å². The number of carbonyl (C=O) groups excluding carboxylic acids is 2. The highest BCUT2D eigenvalue weighted by molar-refractivity contribution is 7.92. The molecule has 0 N–H and O–H groups in total. The number of aryl methyl sites for hydroxylation is 1. The Morgan fingerprint density at radius 1 is 1.05 bits per heavy atom. The summed E-state index contributed by atoms with van der Waals surface area (Å²) in [5, 5.41) is -0.695. The number of ether oxygens (including phenoxy) is 2. The molecule has 0 saturated heterocycles. The van der Waals surface area contributed by atoms with Crippen LogP contribution in [0.4, 0.5) is 0 Å². The zero-order valence-electron chi connectivity index (χ0n) is 24.2. The summed E-state index contributed by atoms with van der Waals surface area (Å²) in [4.78, 5) is 23.2. The van der Waals surface area contributed by atoms with E-state index in [-0.39, 0.29) is 23.9 Å². The Morgan fingerprint density at radius 3 is 2.24 bits per heavy atom. The summed E-state index contributed by atoms with van der Waals surface area (Å²) in [6.45, 7) is 15.0. The largest absolute Gasteiger partial charge is 0.466 e. The molecule has 2 rings (SSSR count). The summed E-state index contributed by atoms with van der Waals surface area (Å²) in [6, 6.07) is 7.07. The molecular formula is C31H44O6S. The lowest BCUT2D eigenvalue weighted by Crippen LogP contribution is -2.35. The molecule has 0 fully saturated rings. The van der Waals surface area contributed by atoms with Crippen LogP contribution in [0.5, 0.6) is 0 Å². The predicted octanol–water partition coefficient (Wildman–Crippen LogP) is 7.04. The molecular weight excluding hydrogens is 500 g/mol. The Kier molecular flexibility index (Phi) is 11.1. The Labute approximate surface area is 229 Å². The van der Waals surface area contributed by atoms with Gasteiger partial charge in [-0.2, -0.15) is 0 Å². The molecule has 1 aromatic carbocycles. The standard InChI is InChI=1S/C31H44O6S/c1-21-11-13-28(14-12-21)38(34,35)29(30-24(4)10-9-16-31(30,7)8)20-23(3)19-27(37-26(6)33)18-22(2)15-17-36-25(5)32/h11-14,18-19,23,29H,9-10,15-17,20H2,1-8H3. The second kappa shape index (κ2) is 13.4. The zero-order chi connectivity index (χ0) is 28.7. The van der Waals surface area contributed by atoms with Crippen molar-refractivity contribution in [2.24, 2.45) is 11.3 Å². The van der Waals surface area contributed by atoms with Gasteiger partial charge in [-0.15, -0.1) is 0 Å². The summed E-state index contributed by atoms with van der Waals surface area (Å²) in [5.74, 6) is -0.642. The van der Waals surface area contributed by atoms with E-state index in [0.717, 1.165) is 41.5 Å². The van der Waals surface area contributed by atoms with Gasteiger partial charge in [0.2, 0.25) is 0 Å². The van der Waals surface area contributed by atoms with E-state index in [4.69, 9.17) is 9.47 Å². The number of esters is 2. The third-order valence-electron chi connectivity index (χ3n) is 7.08. The van der Waals surface area contributed by atoms with Crippen LogP contribution in [0.25, 0.3) is 0 Å². The molecule has 0 aliphatic heterocycles. The number of allylic oxidation sites excluding steroid dienone is 3. The minimum atomic E-state index is -3.68. The van der Waals surface area contributed by atoms with Crippen molar-refractivity contribution < 1.29 is 27.5 Å². The fourth-order valence-electron chi connectivity index (χ4n) is 5.28. The van der Waals surface area contributed by atoms with Gasteiger partial charge in [0.05, 0.1) is 16.8 Å². The summed E-state index contributed by atoms with van der Waals surface area (Å²) in [5.41, 5.74) is 3.81. The van der Waals surface area contributed by atoms with Crippen LogP contribution in [0, 0.1) is 18.3 Å². The number of hydrogen-bond acceptors (Lipinski definition) is 6. The highest BCUT2D eigenvalue weighted by atomic mass is 32.2. The van der Waals surface area contributed by atoms with Crippen molar-refractivity contribution in [2.75, 3.05) is 6.61 Å². The highest BCUT2D eigenvalue weighted by Crippen LogP contribution is 2.46. The van der Waals surface area contributed by atoms with E-state index in [9.17, 15) is 18.0 Å². The van der Waals surface area contributed by atoms with Gasteiger partial charge in [0.25, 0.3) is 0 Å². The van der Waals surface area contributed by atoms with E-state index >= 15 is 0 Å². The molecule has 1 aromatic rings. The molecule has 0 saturated carbocycles. The van der Waals surface area contributed by atoms with Crippen LogP contribution in [0.1, 0.15) is 86.1 Å². The maximum atomic E-state index is 14.1. The lowest BCUT2D eigenvalue weighted by molar-refractivity contribution is -0.140. The van der Waals surface area contributed by atoms with Gasteiger partial charge >= 0.3 is 11.9 Å². The first-order chi connectivity index (χ1) is 17.6. The van der Waals surface area contributed by atoms with Crippen molar-refractivity contribution in [2.45, 2.75) is 97.6 Å². The molecule has 0 bridgehead atoms.